The lowest BCUT2D eigenvalue weighted by Gasteiger charge is -2.26. The standard InChI is InChI=1S/C20H36N2O4/c1-14(23)7-20-8-18(10-21-9-15(2)24)5-6-19(20)13-22(11-16(3)25)12-17(4)26/h5-6,8,14-17,21,23-26H,7,9-13H2,1-4H3. The van der Waals surface area contributed by atoms with Crippen molar-refractivity contribution in [2.45, 2.75) is 71.6 Å². The molecule has 1 aromatic rings. The van der Waals surface area contributed by atoms with Crippen LogP contribution in [-0.2, 0) is 19.5 Å². The summed E-state index contributed by atoms with van der Waals surface area (Å²) in [4.78, 5) is 2.03. The van der Waals surface area contributed by atoms with Crippen LogP contribution in [-0.4, -0.2) is 69.4 Å². The van der Waals surface area contributed by atoms with Crippen LogP contribution in [0.5, 0.6) is 0 Å². The minimum atomic E-state index is -0.474. The fraction of sp³-hybridized carbons (Fsp3) is 0.700. The van der Waals surface area contributed by atoms with Crippen LogP contribution in [0.1, 0.15) is 44.4 Å². The highest BCUT2D eigenvalue weighted by Gasteiger charge is 2.15. The molecule has 5 N–H and O–H groups in total. The Morgan fingerprint density at radius 1 is 0.846 bits per heavy atom. The van der Waals surface area contributed by atoms with Gasteiger partial charge in [0.1, 0.15) is 0 Å². The maximum absolute atomic E-state index is 9.85. The first kappa shape index (κ1) is 23.0. The zero-order valence-electron chi connectivity index (χ0n) is 16.5. The van der Waals surface area contributed by atoms with E-state index in [9.17, 15) is 20.4 Å². The first-order chi connectivity index (χ1) is 12.2. The van der Waals surface area contributed by atoms with E-state index in [2.05, 4.69) is 11.4 Å². The molecule has 0 radical (unpaired) electrons. The molecule has 0 spiro atoms. The molecule has 1 rings (SSSR count). The van der Waals surface area contributed by atoms with Crippen LogP contribution >= 0.6 is 0 Å². The summed E-state index contributed by atoms with van der Waals surface area (Å²) < 4.78 is 0. The van der Waals surface area contributed by atoms with E-state index in [1.807, 2.05) is 17.0 Å². The molecule has 0 aliphatic carbocycles. The van der Waals surface area contributed by atoms with Gasteiger partial charge in [-0.1, -0.05) is 18.2 Å². The first-order valence-corrected chi connectivity index (χ1v) is 9.43. The predicted octanol–water partition coefficient (Wildman–Crippen LogP) is 0.644. The number of rotatable bonds is 12. The Hall–Kier alpha value is -1.02. The summed E-state index contributed by atoms with van der Waals surface area (Å²) in [5.74, 6) is 0. The molecule has 150 valence electrons. The number of benzene rings is 1. The summed E-state index contributed by atoms with van der Waals surface area (Å²) in [5.41, 5.74) is 3.26. The van der Waals surface area contributed by atoms with Crippen molar-refractivity contribution in [1.82, 2.24) is 10.2 Å². The van der Waals surface area contributed by atoms with Gasteiger partial charge in [0.25, 0.3) is 0 Å². The maximum atomic E-state index is 9.85. The van der Waals surface area contributed by atoms with Gasteiger partial charge in [-0.3, -0.25) is 4.90 Å². The first-order valence-electron chi connectivity index (χ1n) is 9.43. The molecule has 0 fully saturated rings. The topological polar surface area (TPSA) is 96.2 Å². The van der Waals surface area contributed by atoms with Gasteiger partial charge >= 0.3 is 0 Å². The van der Waals surface area contributed by atoms with E-state index in [4.69, 9.17) is 0 Å². The van der Waals surface area contributed by atoms with Gasteiger partial charge in [-0.25, -0.2) is 0 Å². The Labute approximate surface area is 157 Å². The van der Waals surface area contributed by atoms with Gasteiger partial charge in [-0.15, -0.1) is 0 Å². The summed E-state index contributed by atoms with van der Waals surface area (Å²) in [5, 5.41) is 41.9. The predicted molar refractivity (Wildman–Crippen MR) is 104 cm³/mol. The minimum Gasteiger partial charge on any atom is -0.393 e. The normalized spacial score (nSPS) is 16.5. The van der Waals surface area contributed by atoms with Gasteiger partial charge in [0.05, 0.1) is 24.4 Å². The second kappa shape index (κ2) is 11.6. The third-order valence-corrected chi connectivity index (χ3v) is 3.99. The van der Waals surface area contributed by atoms with E-state index in [0.29, 0.717) is 39.1 Å². The molecule has 26 heavy (non-hydrogen) atoms. The third kappa shape index (κ3) is 9.62. The lowest BCUT2D eigenvalue weighted by atomic mass is 9.98. The number of hydrogen-bond acceptors (Lipinski definition) is 6. The maximum Gasteiger partial charge on any atom is 0.0639 e. The van der Waals surface area contributed by atoms with Crippen molar-refractivity contribution in [3.63, 3.8) is 0 Å². The van der Waals surface area contributed by atoms with E-state index < -0.39 is 18.3 Å². The zero-order chi connectivity index (χ0) is 19.7. The number of nitrogens with one attached hydrogen (secondary N) is 1. The molecule has 0 aromatic heterocycles. The van der Waals surface area contributed by atoms with Crippen LogP contribution in [0.2, 0.25) is 0 Å². The summed E-state index contributed by atoms with van der Waals surface area (Å²) >= 11 is 0. The van der Waals surface area contributed by atoms with Crippen LogP contribution in [0, 0.1) is 0 Å². The molecule has 6 heteroatoms. The van der Waals surface area contributed by atoms with Crippen molar-refractivity contribution in [1.29, 1.82) is 0 Å². The van der Waals surface area contributed by atoms with Crippen LogP contribution in [0.25, 0.3) is 0 Å². The third-order valence-electron chi connectivity index (χ3n) is 3.99. The Balaban J connectivity index is 2.92. The SMILES string of the molecule is CC(O)CNCc1ccc(CN(CC(C)O)CC(C)O)c(CC(C)O)c1. The summed E-state index contributed by atoms with van der Waals surface area (Å²) in [6.07, 6.45) is -1.23. The lowest BCUT2D eigenvalue weighted by molar-refractivity contribution is 0.0791. The number of aliphatic hydroxyl groups excluding tert-OH is 4. The number of aliphatic hydroxyl groups is 4. The van der Waals surface area contributed by atoms with Crippen LogP contribution in [0.4, 0.5) is 0 Å². The van der Waals surface area contributed by atoms with E-state index in [0.717, 1.165) is 16.7 Å². The Morgan fingerprint density at radius 3 is 1.96 bits per heavy atom. The van der Waals surface area contributed by atoms with Crippen molar-refractivity contribution in [2.24, 2.45) is 0 Å². The molecule has 0 amide bonds. The van der Waals surface area contributed by atoms with Crippen molar-refractivity contribution >= 4 is 0 Å². The fourth-order valence-corrected chi connectivity index (χ4v) is 3.07. The molecule has 4 unspecified atom stereocenters. The van der Waals surface area contributed by atoms with Crippen LogP contribution in [0.15, 0.2) is 18.2 Å². The Morgan fingerprint density at radius 2 is 1.46 bits per heavy atom. The van der Waals surface area contributed by atoms with E-state index >= 15 is 0 Å². The van der Waals surface area contributed by atoms with Gasteiger partial charge in [-0.2, -0.15) is 0 Å². The van der Waals surface area contributed by atoms with E-state index in [-0.39, 0.29) is 6.10 Å². The van der Waals surface area contributed by atoms with Crippen molar-refractivity contribution in [3.8, 4) is 0 Å². The van der Waals surface area contributed by atoms with Crippen molar-refractivity contribution < 1.29 is 20.4 Å². The highest BCUT2D eigenvalue weighted by atomic mass is 16.3. The number of nitrogens with zero attached hydrogens (tertiary/aromatic N) is 1. The molecule has 1 aromatic carbocycles. The Kier molecular flexibility index (Phi) is 10.3. The lowest BCUT2D eigenvalue weighted by Crippen LogP contribution is -2.36. The molecule has 4 atom stereocenters. The quantitative estimate of drug-likeness (QED) is 0.372. The minimum absolute atomic E-state index is 0.388. The molecule has 0 aliphatic rings. The average molecular weight is 369 g/mol. The second-order valence-electron chi connectivity index (χ2n) is 7.53. The van der Waals surface area contributed by atoms with Gasteiger partial charge in [0.15, 0.2) is 0 Å². The highest BCUT2D eigenvalue weighted by molar-refractivity contribution is 5.33. The molecule has 0 heterocycles. The fourth-order valence-electron chi connectivity index (χ4n) is 3.07. The van der Waals surface area contributed by atoms with E-state index in [1.165, 1.54) is 0 Å². The molecule has 0 bridgehead atoms. The van der Waals surface area contributed by atoms with Gasteiger partial charge in [0, 0.05) is 32.7 Å². The highest BCUT2D eigenvalue weighted by Crippen LogP contribution is 2.17. The molecular weight excluding hydrogens is 332 g/mol. The van der Waals surface area contributed by atoms with Crippen LogP contribution in [0.3, 0.4) is 0 Å². The average Bonchev–Trinajstić information content (AvgIpc) is 2.47. The van der Waals surface area contributed by atoms with Gasteiger partial charge in [-0.05, 0) is 50.8 Å². The molecular formula is C20H36N2O4. The van der Waals surface area contributed by atoms with Crippen molar-refractivity contribution in [2.75, 3.05) is 19.6 Å². The number of hydrogen-bond donors (Lipinski definition) is 5. The zero-order valence-corrected chi connectivity index (χ0v) is 16.5. The molecule has 0 saturated carbocycles. The van der Waals surface area contributed by atoms with Gasteiger partial charge < -0.3 is 25.7 Å². The molecule has 0 saturated heterocycles. The van der Waals surface area contributed by atoms with Crippen LogP contribution < -0.4 is 5.32 Å². The largest absolute Gasteiger partial charge is 0.393 e. The second-order valence-corrected chi connectivity index (χ2v) is 7.53. The summed E-state index contributed by atoms with van der Waals surface area (Å²) in [6.45, 7) is 9.75. The van der Waals surface area contributed by atoms with E-state index in [1.54, 1.807) is 27.7 Å². The van der Waals surface area contributed by atoms with Crippen molar-refractivity contribution in [3.05, 3.63) is 34.9 Å². The Bertz CT molecular complexity index is 509. The summed E-state index contributed by atoms with van der Waals surface area (Å²) in [6, 6.07) is 6.17. The molecule has 6 nitrogen and oxygen atoms in total. The molecule has 0 aliphatic heterocycles. The summed E-state index contributed by atoms with van der Waals surface area (Å²) in [7, 11) is 0. The van der Waals surface area contributed by atoms with Gasteiger partial charge in [0.2, 0.25) is 0 Å². The smallest absolute Gasteiger partial charge is 0.0639 e. The monoisotopic (exact) mass is 368 g/mol.